The fourth-order valence-corrected chi connectivity index (χ4v) is 1.60. The normalized spacial score (nSPS) is 21.5. The molecule has 0 saturated carbocycles. The van der Waals surface area contributed by atoms with Crippen LogP contribution in [-0.4, -0.2) is 35.3 Å². The van der Waals surface area contributed by atoms with Gasteiger partial charge in [-0.2, -0.15) is 0 Å². The van der Waals surface area contributed by atoms with E-state index in [-0.39, 0.29) is 18.0 Å². The summed E-state index contributed by atoms with van der Waals surface area (Å²) in [5.41, 5.74) is 0. The highest BCUT2D eigenvalue weighted by Crippen LogP contribution is 2.10. The van der Waals surface area contributed by atoms with Gasteiger partial charge in [0.2, 0.25) is 0 Å². The van der Waals surface area contributed by atoms with Crippen LogP contribution in [0.4, 0.5) is 4.79 Å². The number of nitrogens with one attached hydrogen (secondary N) is 1. The molecule has 1 rings (SSSR count). The van der Waals surface area contributed by atoms with E-state index in [4.69, 9.17) is 11.6 Å². The maximum Gasteiger partial charge on any atom is 0.325 e. The Morgan fingerprint density at radius 1 is 1.47 bits per heavy atom. The highest BCUT2D eigenvalue weighted by Gasteiger charge is 2.36. The van der Waals surface area contributed by atoms with E-state index in [1.54, 1.807) is 12.2 Å². The van der Waals surface area contributed by atoms with Crippen molar-refractivity contribution in [1.82, 2.24) is 10.2 Å². The Kier molecular flexibility index (Phi) is 4.62. The fourth-order valence-electron chi connectivity index (χ4n) is 1.48. The van der Waals surface area contributed by atoms with Gasteiger partial charge in [0.05, 0.1) is 0 Å². The quantitative estimate of drug-likeness (QED) is 0.442. The summed E-state index contributed by atoms with van der Waals surface area (Å²) in [6.45, 7) is 2.28. The third-order valence-corrected chi connectivity index (χ3v) is 2.41. The Morgan fingerprint density at radius 3 is 2.80 bits per heavy atom. The average Bonchev–Trinajstić information content (AvgIpc) is 2.46. The van der Waals surface area contributed by atoms with Crippen LogP contribution >= 0.6 is 11.6 Å². The van der Waals surface area contributed by atoms with Crippen molar-refractivity contribution in [1.29, 1.82) is 0 Å². The van der Waals surface area contributed by atoms with Crippen molar-refractivity contribution in [3.63, 3.8) is 0 Å². The van der Waals surface area contributed by atoms with E-state index in [9.17, 15) is 9.59 Å². The minimum Gasteiger partial charge on any atom is -0.326 e. The third kappa shape index (κ3) is 2.96. The van der Waals surface area contributed by atoms with Crippen molar-refractivity contribution in [3.8, 4) is 0 Å². The number of rotatable bonds is 5. The molecule has 0 radical (unpaired) electrons. The molecule has 0 aromatic carbocycles. The molecule has 5 heteroatoms. The zero-order valence-electron chi connectivity index (χ0n) is 8.70. The van der Waals surface area contributed by atoms with E-state index in [1.807, 2.05) is 6.92 Å². The molecule has 1 atom stereocenters. The highest BCUT2D eigenvalue weighted by molar-refractivity contribution is 6.18. The summed E-state index contributed by atoms with van der Waals surface area (Å²) in [4.78, 5) is 24.3. The van der Waals surface area contributed by atoms with Gasteiger partial charge in [-0.1, -0.05) is 25.5 Å². The first kappa shape index (κ1) is 12.0. The summed E-state index contributed by atoms with van der Waals surface area (Å²) in [5, 5.41) is 2.65. The van der Waals surface area contributed by atoms with Gasteiger partial charge in [0, 0.05) is 12.4 Å². The van der Waals surface area contributed by atoms with Crippen molar-refractivity contribution < 1.29 is 9.59 Å². The molecule has 1 fully saturated rings. The number of alkyl halides is 1. The zero-order chi connectivity index (χ0) is 11.3. The molecule has 0 aromatic rings. The number of carbonyl (C=O) groups excluding carboxylic acids is 2. The highest BCUT2D eigenvalue weighted by atomic mass is 35.5. The van der Waals surface area contributed by atoms with Crippen molar-refractivity contribution >= 4 is 23.5 Å². The van der Waals surface area contributed by atoms with E-state index in [1.165, 1.54) is 4.90 Å². The second-order valence-corrected chi connectivity index (χ2v) is 3.67. The summed E-state index contributed by atoms with van der Waals surface area (Å²) in [5.74, 6) is 0.253. The van der Waals surface area contributed by atoms with Gasteiger partial charge < -0.3 is 5.32 Å². The number of hydrogen-bond acceptors (Lipinski definition) is 2. The van der Waals surface area contributed by atoms with Crippen molar-refractivity contribution in [3.05, 3.63) is 12.2 Å². The van der Waals surface area contributed by atoms with Crippen LogP contribution in [-0.2, 0) is 4.79 Å². The summed E-state index contributed by atoms with van der Waals surface area (Å²) in [6.07, 6.45) is 5.01. The molecule has 0 spiro atoms. The molecular formula is C10H15ClN2O2. The lowest BCUT2D eigenvalue weighted by Crippen LogP contribution is -2.31. The molecular weight excluding hydrogens is 216 g/mol. The number of nitrogens with zero attached hydrogens (tertiary/aromatic N) is 1. The largest absolute Gasteiger partial charge is 0.326 e. The van der Waals surface area contributed by atoms with Crippen molar-refractivity contribution in [2.75, 3.05) is 12.4 Å². The van der Waals surface area contributed by atoms with Crippen LogP contribution in [0.15, 0.2) is 12.2 Å². The lowest BCUT2D eigenvalue weighted by Gasteiger charge is -2.09. The van der Waals surface area contributed by atoms with E-state index in [2.05, 4.69) is 5.32 Å². The lowest BCUT2D eigenvalue weighted by molar-refractivity contribution is -0.127. The number of amides is 3. The van der Waals surface area contributed by atoms with E-state index >= 15 is 0 Å². The topological polar surface area (TPSA) is 49.4 Å². The van der Waals surface area contributed by atoms with Crippen LogP contribution < -0.4 is 5.32 Å². The fraction of sp³-hybridized carbons (Fsp3) is 0.600. The number of hydrogen-bond donors (Lipinski definition) is 1. The summed E-state index contributed by atoms with van der Waals surface area (Å²) < 4.78 is 0. The van der Waals surface area contributed by atoms with Gasteiger partial charge >= 0.3 is 6.03 Å². The number of carbonyl (C=O) groups is 2. The smallest absolute Gasteiger partial charge is 0.325 e. The Morgan fingerprint density at radius 2 is 2.20 bits per heavy atom. The predicted molar refractivity (Wildman–Crippen MR) is 58.8 cm³/mol. The van der Waals surface area contributed by atoms with E-state index in [0.717, 1.165) is 6.42 Å². The van der Waals surface area contributed by atoms with Crippen LogP contribution in [0.25, 0.3) is 0 Å². The summed E-state index contributed by atoms with van der Waals surface area (Å²) in [7, 11) is 0. The maximum atomic E-state index is 11.7. The van der Waals surface area contributed by atoms with Crippen molar-refractivity contribution in [2.45, 2.75) is 25.8 Å². The SMILES string of the molecule is CCCC1NC(=O)N(CC=CCCl)C1=O. The Bertz CT molecular complexity index is 279. The molecule has 1 heterocycles. The van der Waals surface area contributed by atoms with Gasteiger partial charge in [-0.25, -0.2) is 4.79 Å². The van der Waals surface area contributed by atoms with Gasteiger partial charge in [0.15, 0.2) is 0 Å². The standard InChI is InChI=1S/C10H15ClN2O2/c1-2-5-8-9(14)13(10(15)12-8)7-4-3-6-11/h3-4,8H,2,5-7H2,1H3,(H,12,15). The molecule has 1 unspecified atom stereocenters. The number of urea groups is 1. The van der Waals surface area contributed by atoms with Crippen LogP contribution in [0, 0.1) is 0 Å². The molecule has 3 amide bonds. The lowest BCUT2D eigenvalue weighted by atomic mass is 10.2. The van der Waals surface area contributed by atoms with Crippen LogP contribution in [0.5, 0.6) is 0 Å². The zero-order valence-corrected chi connectivity index (χ0v) is 9.46. The van der Waals surface area contributed by atoms with Gasteiger partial charge in [-0.3, -0.25) is 9.69 Å². The molecule has 1 aliphatic rings. The first-order chi connectivity index (χ1) is 7.20. The molecule has 1 aliphatic heterocycles. The van der Waals surface area contributed by atoms with E-state index < -0.39 is 0 Å². The van der Waals surface area contributed by atoms with E-state index in [0.29, 0.717) is 18.8 Å². The average molecular weight is 231 g/mol. The van der Waals surface area contributed by atoms with Crippen LogP contribution in [0.3, 0.4) is 0 Å². The second-order valence-electron chi connectivity index (χ2n) is 3.37. The molecule has 0 aromatic heterocycles. The van der Waals surface area contributed by atoms with Crippen LogP contribution in [0.1, 0.15) is 19.8 Å². The molecule has 1 saturated heterocycles. The second kappa shape index (κ2) is 5.75. The van der Waals surface area contributed by atoms with Gasteiger partial charge in [-0.05, 0) is 6.42 Å². The Hall–Kier alpha value is -1.03. The number of imide groups is 1. The molecule has 0 bridgehead atoms. The van der Waals surface area contributed by atoms with Crippen LogP contribution in [0.2, 0.25) is 0 Å². The van der Waals surface area contributed by atoms with Crippen molar-refractivity contribution in [2.24, 2.45) is 0 Å². The predicted octanol–water partition coefficient (Wildman–Crippen LogP) is 1.50. The van der Waals surface area contributed by atoms with Gasteiger partial charge in [0.25, 0.3) is 5.91 Å². The van der Waals surface area contributed by atoms with Gasteiger partial charge in [-0.15, -0.1) is 11.6 Å². The number of allylic oxidation sites excluding steroid dienone is 1. The first-order valence-electron chi connectivity index (χ1n) is 5.03. The maximum absolute atomic E-state index is 11.7. The third-order valence-electron chi connectivity index (χ3n) is 2.23. The molecule has 15 heavy (non-hydrogen) atoms. The Balaban J connectivity index is 2.54. The molecule has 1 N–H and O–H groups in total. The summed E-state index contributed by atoms with van der Waals surface area (Å²) >= 11 is 5.45. The minimum atomic E-state index is -0.341. The first-order valence-corrected chi connectivity index (χ1v) is 5.57. The number of halogens is 1. The Labute approximate surface area is 94.3 Å². The molecule has 0 aliphatic carbocycles. The monoisotopic (exact) mass is 230 g/mol. The minimum absolute atomic E-state index is 0.138. The molecule has 4 nitrogen and oxygen atoms in total. The summed E-state index contributed by atoms with van der Waals surface area (Å²) in [6, 6.07) is -0.649. The van der Waals surface area contributed by atoms with Gasteiger partial charge in [0.1, 0.15) is 6.04 Å². The molecule has 84 valence electrons.